The van der Waals surface area contributed by atoms with E-state index < -0.39 is 0 Å². The van der Waals surface area contributed by atoms with Crippen molar-refractivity contribution in [1.29, 1.82) is 0 Å². The molecule has 4 nitrogen and oxygen atoms in total. The van der Waals surface area contributed by atoms with Crippen LogP contribution in [0.3, 0.4) is 0 Å². The van der Waals surface area contributed by atoms with E-state index in [0.717, 1.165) is 17.2 Å². The summed E-state index contributed by atoms with van der Waals surface area (Å²) in [4.78, 5) is 20.1. The van der Waals surface area contributed by atoms with Gasteiger partial charge in [0.05, 0.1) is 11.6 Å². The highest BCUT2D eigenvalue weighted by atomic mass is 32.1. The van der Waals surface area contributed by atoms with Crippen molar-refractivity contribution in [2.75, 3.05) is 18.9 Å². The number of benzene rings is 1. The van der Waals surface area contributed by atoms with Crippen LogP contribution >= 0.6 is 11.3 Å². The van der Waals surface area contributed by atoms with E-state index in [4.69, 9.17) is 0 Å². The number of nitrogens with zero attached hydrogens (tertiary/aromatic N) is 2. The Morgan fingerprint density at radius 3 is 2.28 bits per heavy atom. The van der Waals surface area contributed by atoms with E-state index in [0.29, 0.717) is 18.4 Å². The van der Waals surface area contributed by atoms with Crippen molar-refractivity contribution in [3.05, 3.63) is 45.4 Å². The molecule has 0 aliphatic carbocycles. The highest BCUT2D eigenvalue weighted by Gasteiger charge is 2.17. The first-order chi connectivity index (χ1) is 11.8. The van der Waals surface area contributed by atoms with Gasteiger partial charge in [-0.05, 0) is 36.9 Å². The number of hydrogen-bond acceptors (Lipinski definition) is 4. The summed E-state index contributed by atoms with van der Waals surface area (Å²) in [5.74, 6) is 0.762. The minimum Gasteiger partial charge on any atom is -0.324 e. The van der Waals surface area contributed by atoms with Crippen molar-refractivity contribution in [1.82, 2.24) is 9.88 Å². The van der Waals surface area contributed by atoms with Crippen molar-refractivity contribution in [3.63, 3.8) is 0 Å². The van der Waals surface area contributed by atoms with E-state index in [1.165, 1.54) is 16.0 Å². The number of aryl methyl sites for hydroxylation is 1. The molecule has 0 bridgehead atoms. The zero-order chi connectivity index (χ0) is 18.6. The Morgan fingerprint density at radius 2 is 1.80 bits per heavy atom. The zero-order valence-corrected chi connectivity index (χ0v) is 16.9. The summed E-state index contributed by atoms with van der Waals surface area (Å²) in [5, 5.41) is 4.23. The van der Waals surface area contributed by atoms with E-state index >= 15 is 0 Å². The van der Waals surface area contributed by atoms with Gasteiger partial charge in [0, 0.05) is 23.3 Å². The lowest BCUT2D eigenvalue weighted by molar-refractivity contribution is -0.117. The van der Waals surface area contributed by atoms with Gasteiger partial charge in [0.2, 0.25) is 5.91 Å². The summed E-state index contributed by atoms with van der Waals surface area (Å²) in [6.07, 6.45) is 1.89. The van der Waals surface area contributed by atoms with Crippen LogP contribution in [0.2, 0.25) is 0 Å². The predicted molar refractivity (Wildman–Crippen MR) is 106 cm³/mol. The molecular formula is C20H29N3OS. The summed E-state index contributed by atoms with van der Waals surface area (Å²) in [6.45, 7) is 11.7. The predicted octanol–water partition coefficient (Wildman–Crippen LogP) is 4.77. The van der Waals surface area contributed by atoms with E-state index in [1.54, 1.807) is 11.3 Å². The molecule has 5 heteroatoms. The van der Waals surface area contributed by atoms with Crippen LogP contribution in [0.4, 0.5) is 5.69 Å². The van der Waals surface area contributed by atoms with Gasteiger partial charge in [-0.3, -0.25) is 9.69 Å². The number of thiazole rings is 1. The molecule has 0 aliphatic rings. The largest absolute Gasteiger partial charge is 0.324 e. The fraction of sp³-hybridized carbons (Fsp3) is 0.500. The summed E-state index contributed by atoms with van der Waals surface area (Å²) in [6, 6.07) is 6.30. The van der Waals surface area contributed by atoms with Crippen LogP contribution in [0.25, 0.3) is 0 Å². The number of para-hydroxylation sites is 1. The number of rotatable bonds is 7. The van der Waals surface area contributed by atoms with Crippen molar-refractivity contribution in [2.24, 2.45) is 0 Å². The van der Waals surface area contributed by atoms with Crippen LogP contribution in [0.1, 0.15) is 60.5 Å². The molecule has 1 aromatic carbocycles. The number of likely N-dealkylation sites (N-methyl/N-ethyl adjacent to an activating group) is 1. The van der Waals surface area contributed by atoms with Gasteiger partial charge in [-0.1, -0.05) is 45.9 Å². The third-order valence-electron chi connectivity index (χ3n) is 4.15. The molecule has 0 radical (unpaired) electrons. The second-order valence-corrected chi connectivity index (χ2v) is 8.51. The Morgan fingerprint density at radius 1 is 1.20 bits per heavy atom. The summed E-state index contributed by atoms with van der Waals surface area (Å²) < 4.78 is 0. The van der Waals surface area contributed by atoms with Crippen molar-refractivity contribution >= 4 is 22.9 Å². The summed E-state index contributed by atoms with van der Waals surface area (Å²) in [7, 11) is 1.96. The second-order valence-electron chi connectivity index (χ2n) is 7.19. The van der Waals surface area contributed by atoms with Crippen molar-refractivity contribution < 1.29 is 4.79 Å². The van der Waals surface area contributed by atoms with Gasteiger partial charge in [0.15, 0.2) is 0 Å². The molecular weight excluding hydrogens is 330 g/mol. The standard InChI is InChI=1S/C20H29N3OS/c1-13(2)17-8-7-9-18(14(3)4)20(17)22-19(24)12-23(6)11-16-10-21-15(5)25-16/h7-10,13-14H,11-12H2,1-6H3,(H,22,24). The van der Waals surface area contributed by atoms with E-state index in [1.807, 2.05) is 25.1 Å². The first-order valence-corrected chi connectivity index (χ1v) is 9.62. The number of amides is 1. The topological polar surface area (TPSA) is 45.2 Å². The molecule has 0 atom stereocenters. The minimum atomic E-state index is 0.0266. The molecule has 2 aromatic rings. The molecule has 0 saturated carbocycles. The van der Waals surface area contributed by atoms with Gasteiger partial charge < -0.3 is 5.32 Å². The van der Waals surface area contributed by atoms with Crippen LogP contribution in [0, 0.1) is 6.92 Å². The van der Waals surface area contributed by atoms with Crippen molar-refractivity contribution in [3.8, 4) is 0 Å². The number of nitrogens with one attached hydrogen (secondary N) is 1. The Balaban J connectivity index is 2.09. The van der Waals surface area contributed by atoms with Crippen molar-refractivity contribution in [2.45, 2.75) is 53.0 Å². The van der Waals surface area contributed by atoms with E-state index in [-0.39, 0.29) is 5.91 Å². The second kappa shape index (κ2) is 8.59. The molecule has 2 rings (SSSR count). The SMILES string of the molecule is Cc1ncc(CN(C)CC(=O)Nc2c(C(C)C)cccc2C(C)C)s1. The number of carbonyl (C=O) groups excluding carboxylic acids is 1. The Hall–Kier alpha value is -1.72. The fourth-order valence-corrected chi connectivity index (χ4v) is 3.80. The van der Waals surface area contributed by atoms with Crippen LogP contribution < -0.4 is 5.32 Å². The molecule has 0 unspecified atom stereocenters. The molecule has 0 aliphatic heterocycles. The van der Waals surface area contributed by atoms with Crippen LogP contribution in [-0.2, 0) is 11.3 Å². The Labute approximate surface area is 155 Å². The lowest BCUT2D eigenvalue weighted by Gasteiger charge is -2.21. The van der Waals surface area contributed by atoms with E-state index in [2.05, 4.69) is 56.2 Å². The average molecular weight is 360 g/mol. The van der Waals surface area contributed by atoms with Gasteiger partial charge in [0.25, 0.3) is 0 Å². The highest BCUT2D eigenvalue weighted by Crippen LogP contribution is 2.32. The lowest BCUT2D eigenvalue weighted by atomic mass is 9.92. The first kappa shape index (κ1) is 19.6. The summed E-state index contributed by atoms with van der Waals surface area (Å²) in [5.41, 5.74) is 3.38. The molecule has 0 fully saturated rings. The van der Waals surface area contributed by atoms with Gasteiger partial charge in [-0.25, -0.2) is 4.98 Å². The molecule has 0 spiro atoms. The molecule has 0 saturated heterocycles. The van der Waals surface area contributed by atoms with Gasteiger partial charge in [0.1, 0.15) is 0 Å². The normalized spacial score (nSPS) is 11.6. The van der Waals surface area contributed by atoms with Crippen LogP contribution in [0.5, 0.6) is 0 Å². The zero-order valence-electron chi connectivity index (χ0n) is 16.1. The van der Waals surface area contributed by atoms with Gasteiger partial charge >= 0.3 is 0 Å². The third-order valence-corrected chi connectivity index (χ3v) is 5.04. The number of aromatic nitrogens is 1. The lowest BCUT2D eigenvalue weighted by Crippen LogP contribution is -2.30. The molecule has 1 N–H and O–H groups in total. The molecule has 1 amide bonds. The molecule has 136 valence electrons. The maximum atomic E-state index is 12.6. The molecule has 25 heavy (non-hydrogen) atoms. The maximum Gasteiger partial charge on any atom is 0.238 e. The van der Waals surface area contributed by atoms with Crippen LogP contribution in [0.15, 0.2) is 24.4 Å². The smallest absolute Gasteiger partial charge is 0.238 e. The van der Waals surface area contributed by atoms with Gasteiger partial charge in [-0.15, -0.1) is 11.3 Å². The fourth-order valence-electron chi connectivity index (χ4n) is 2.92. The summed E-state index contributed by atoms with van der Waals surface area (Å²) >= 11 is 1.68. The minimum absolute atomic E-state index is 0.0266. The highest BCUT2D eigenvalue weighted by molar-refractivity contribution is 7.11. The number of anilines is 1. The molecule has 1 aromatic heterocycles. The average Bonchev–Trinajstić information content (AvgIpc) is 2.91. The Bertz CT molecular complexity index is 695. The van der Waals surface area contributed by atoms with Gasteiger partial charge in [-0.2, -0.15) is 0 Å². The Kier molecular flexibility index (Phi) is 6.73. The molecule has 1 heterocycles. The monoisotopic (exact) mass is 359 g/mol. The quantitative estimate of drug-likeness (QED) is 0.774. The van der Waals surface area contributed by atoms with Crippen LogP contribution in [-0.4, -0.2) is 29.4 Å². The number of hydrogen-bond donors (Lipinski definition) is 1. The first-order valence-electron chi connectivity index (χ1n) is 8.80. The maximum absolute atomic E-state index is 12.6. The van der Waals surface area contributed by atoms with E-state index in [9.17, 15) is 4.79 Å². The number of carbonyl (C=O) groups is 1. The third kappa shape index (κ3) is 5.38.